The summed E-state index contributed by atoms with van der Waals surface area (Å²) in [5.74, 6) is -0.622. The number of hydrogen-bond donors (Lipinski definition) is 1. The maximum absolute atomic E-state index is 12.4. The molecule has 1 aromatic carbocycles. The van der Waals surface area contributed by atoms with E-state index in [0.717, 1.165) is 24.9 Å². The first-order valence-corrected chi connectivity index (χ1v) is 9.22. The first kappa shape index (κ1) is 20.1. The number of rotatable bonds is 8. The molecule has 1 aromatic rings. The normalized spacial score (nSPS) is 18.8. The fourth-order valence-electron chi connectivity index (χ4n) is 3.24. The molecule has 1 heterocycles. The lowest BCUT2D eigenvalue weighted by Gasteiger charge is -2.31. The zero-order chi connectivity index (χ0) is 18.9. The van der Waals surface area contributed by atoms with Gasteiger partial charge in [0.15, 0.2) is 5.78 Å². The number of esters is 1. The van der Waals surface area contributed by atoms with Crippen LogP contribution in [-0.4, -0.2) is 54.8 Å². The Kier molecular flexibility index (Phi) is 7.78. The lowest BCUT2D eigenvalue weighted by atomic mass is 9.98. The van der Waals surface area contributed by atoms with Crippen molar-refractivity contribution < 1.29 is 19.1 Å². The van der Waals surface area contributed by atoms with E-state index in [4.69, 9.17) is 4.74 Å². The number of carbonyl (C=O) groups excluding carboxylic acids is 3. The largest absolute Gasteiger partial charge is 0.466 e. The Bertz CT molecular complexity index is 617. The molecule has 1 fully saturated rings. The maximum Gasteiger partial charge on any atom is 0.310 e. The van der Waals surface area contributed by atoms with Crippen molar-refractivity contribution >= 4 is 17.7 Å². The molecule has 1 amide bonds. The van der Waals surface area contributed by atoms with Gasteiger partial charge in [0.1, 0.15) is 0 Å². The molecule has 1 saturated heterocycles. The van der Waals surface area contributed by atoms with Crippen LogP contribution in [0.1, 0.15) is 32.3 Å². The van der Waals surface area contributed by atoms with Crippen molar-refractivity contribution in [2.45, 2.75) is 39.2 Å². The van der Waals surface area contributed by atoms with Crippen molar-refractivity contribution in [1.29, 1.82) is 0 Å². The number of ketones is 1. The van der Waals surface area contributed by atoms with Crippen LogP contribution in [0.3, 0.4) is 0 Å². The zero-order valence-electron chi connectivity index (χ0n) is 15.6. The second kappa shape index (κ2) is 10.1. The summed E-state index contributed by atoms with van der Waals surface area (Å²) >= 11 is 0. The average Bonchev–Trinajstić information content (AvgIpc) is 2.62. The smallest absolute Gasteiger partial charge is 0.310 e. The number of amides is 1. The third-order valence-electron chi connectivity index (χ3n) is 4.60. The molecule has 6 heteroatoms. The highest BCUT2D eigenvalue weighted by Crippen LogP contribution is 2.17. The SMILES string of the molecule is CCOC(=O)[C@H]1CCCN(CC(=O)N[C@@H](Cc2ccccc2)C(C)=O)C1. The van der Waals surface area contributed by atoms with Crippen LogP contribution in [0.25, 0.3) is 0 Å². The van der Waals surface area contributed by atoms with Crippen LogP contribution in [0.15, 0.2) is 30.3 Å². The topological polar surface area (TPSA) is 75.7 Å². The van der Waals surface area contributed by atoms with E-state index in [1.165, 1.54) is 6.92 Å². The van der Waals surface area contributed by atoms with E-state index < -0.39 is 6.04 Å². The molecule has 2 atom stereocenters. The van der Waals surface area contributed by atoms with E-state index in [2.05, 4.69) is 5.32 Å². The van der Waals surface area contributed by atoms with Crippen molar-refractivity contribution in [3.63, 3.8) is 0 Å². The molecule has 0 saturated carbocycles. The maximum atomic E-state index is 12.4. The van der Waals surface area contributed by atoms with Gasteiger partial charge in [0.2, 0.25) is 5.91 Å². The predicted octanol–water partition coefficient (Wildman–Crippen LogP) is 1.58. The molecule has 0 aliphatic carbocycles. The molecule has 26 heavy (non-hydrogen) atoms. The molecular formula is C20H28N2O4. The van der Waals surface area contributed by atoms with Gasteiger partial charge in [-0.3, -0.25) is 19.3 Å². The van der Waals surface area contributed by atoms with Crippen molar-refractivity contribution in [3.8, 4) is 0 Å². The number of hydrogen-bond acceptors (Lipinski definition) is 5. The summed E-state index contributed by atoms with van der Waals surface area (Å²) in [5, 5.41) is 2.84. The van der Waals surface area contributed by atoms with Crippen LogP contribution in [0, 0.1) is 5.92 Å². The quantitative estimate of drug-likeness (QED) is 0.713. The highest BCUT2D eigenvalue weighted by molar-refractivity contribution is 5.88. The number of ether oxygens (including phenoxy) is 1. The summed E-state index contributed by atoms with van der Waals surface area (Å²) < 4.78 is 5.09. The first-order valence-electron chi connectivity index (χ1n) is 9.22. The van der Waals surface area contributed by atoms with Gasteiger partial charge in [-0.05, 0) is 45.2 Å². The summed E-state index contributed by atoms with van der Waals surface area (Å²) in [6, 6.07) is 9.10. The zero-order valence-corrected chi connectivity index (χ0v) is 15.6. The van der Waals surface area contributed by atoms with E-state index in [-0.39, 0.29) is 30.1 Å². The number of Topliss-reactive ketones (excluding diaryl/α,β-unsaturated/α-hetero) is 1. The summed E-state index contributed by atoms with van der Waals surface area (Å²) in [4.78, 5) is 38.2. The van der Waals surface area contributed by atoms with Crippen LogP contribution in [-0.2, 0) is 25.5 Å². The third kappa shape index (κ3) is 6.26. The van der Waals surface area contributed by atoms with Crippen molar-refractivity contribution in [1.82, 2.24) is 10.2 Å². The molecule has 0 aromatic heterocycles. The Labute approximate surface area is 154 Å². The Morgan fingerprint density at radius 1 is 1.27 bits per heavy atom. The summed E-state index contributed by atoms with van der Waals surface area (Å²) in [6.45, 7) is 5.14. The van der Waals surface area contributed by atoms with Crippen molar-refractivity contribution in [2.75, 3.05) is 26.2 Å². The number of benzene rings is 1. The summed E-state index contributed by atoms with van der Waals surface area (Å²) in [7, 11) is 0. The molecule has 1 aliphatic heterocycles. The lowest BCUT2D eigenvalue weighted by Crippen LogP contribution is -2.48. The van der Waals surface area contributed by atoms with Crippen LogP contribution in [0.2, 0.25) is 0 Å². The average molecular weight is 360 g/mol. The number of likely N-dealkylation sites (tertiary alicyclic amines) is 1. The molecule has 142 valence electrons. The highest BCUT2D eigenvalue weighted by Gasteiger charge is 2.28. The van der Waals surface area contributed by atoms with Crippen molar-refractivity contribution in [3.05, 3.63) is 35.9 Å². The number of piperidine rings is 1. The standard InChI is InChI=1S/C20H28N2O4/c1-3-26-20(25)17-10-7-11-22(13-17)14-19(24)21-18(15(2)23)12-16-8-5-4-6-9-16/h4-6,8-9,17-18H,3,7,10-14H2,1-2H3,(H,21,24)/t17-,18-/m0/s1. The Morgan fingerprint density at radius 2 is 2.00 bits per heavy atom. The van der Waals surface area contributed by atoms with Crippen LogP contribution < -0.4 is 5.32 Å². The molecule has 1 N–H and O–H groups in total. The molecule has 1 aliphatic rings. The second-order valence-corrected chi connectivity index (χ2v) is 6.75. The fraction of sp³-hybridized carbons (Fsp3) is 0.550. The van der Waals surface area contributed by atoms with E-state index in [9.17, 15) is 14.4 Å². The molecule has 0 radical (unpaired) electrons. The van der Waals surface area contributed by atoms with E-state index in [1.54, 1.807) is 6.92 Å². The number of nitrogens with zero attached hydrogens (tertiary/aromatic N) is 1. The Balaban J connectivity index is 1.87. The third-order valence-corrected chi connectivity index (χ3v) is 4.60. The molecule has 6 nitrogen and oxygen atoms in total. The van der Waals surface area contributed by atoms with Gasteiger partial charge in [0, 0.05) is 6.54 Å². The minimum Gasteiger partial charge on any atom is -0.466 e. The van der Waals surface area contributed by atoms with Gasteiger partial charge in [-0.25, -0.2) is 0 Å². The lowest BCUT2D eigenvalue weighted by molar-refractivity contribution is -0.150. The Hall–Kier alpha value is -2.21. The van der Waals surface area contributed by atoms with Gasteiger partial charge in [-0.15, -0.1) is 0 Å². The highest BCUT2D eigenvalue weighted by atomic mass is 16.5. The molecular weight excluding hydrogens is 332 g/mol. The van der Waals surface area contributed by atoms with Gasteiger partial charge >= 0.3 is 5.97 Å². The van der Waals surface area contributed by atoms with Crippen LogP contribution >= 0.6 is 0 Å². The first-order chi connectivity index (χ1) is 12.5. The molecule has 0 unspecified atom stereocenters. The van der Waals surface area contributed by atoms with Crippen LogP contribution in [0.4, 0.5) is 0 Å². The fourth-order valence-corrected chi connectivity index (χ4v) is 3.24. The number of nitrogens with one attached hydrogen (secondary N) is 1. The summed E-state index contributed by atoms with van der Waals surface area (Å²) in [5.41, 5.74) is 1.01. The monoisotopic (exact) mass is 360 g/mol. The minimum absolute atomic E-state index is 0.0646. The van der Waals surface area contributed by atoms with Crippen LogP contribution in [0.5, 0.6) is 0 Å². The second-order valence-electron chi connectivity index (χ2n) is 6.75. The molecule has 0 spiro atoms. The number of carbonyl (C=O) groups is 3. The van der Waals surface area contributed by atoms with Gasteiger partial charge in [-0.2, -0.15) is 0 Å². The van der Waals surface area contributed by atoms with Gasteiger partial charge in [0.25, 0.3) is 0 Å². The van der Waals surface area contributed by atoms with Gasteiger partial charge < -0.3 is 10.1 Å². The Morgan fingerprint density at radius 3 is 2.65 bits per heavy atom. The van der Waals surface area contributed by atoms with Gasteiger partial charge in [-0.1, -0.05) is 30.3 Å². The minimum atomic E-state index is -0.532. The van der Waals surface area contributed by atoms with E-state index in [0.29, 0.717) is 19.6 Å². The molecule has 0 bridgehead atoms. The predicted molar refractivity (Wildman–Crippen MR) is 98.6 cm³/mol. The van der Waals surface area contributed by atoms with Gasteiger partial charge in [0.05, 0.1) is 25.1 Å². The van der Waals surface area contributed by atoms with E-state index in [1.807, 2.05) is 35.2 Å². The summed E-state index contributed by atoms with van der Waals surface area (Å²) in [6.07, 6.45) is 2.13. The molecule has 2 rings (SSSR count). The van der Waals surface area contributed by atoms with E-state index >= 15 is 0 Å². The van der Waals surface area contributed by atoms with Crippen molar-refractivity contribution in [2.24, 2.45) is 5.92 Å².